The lowest BCUT2D eigenvalue weighted by atomic mass is 9.86. The highest BCUT2D eigenvalue weighted by atomic mass is 15.2. The largest absolute Gasteiger partial charge is 0.300 e. The maximum absolute atomic E-state index is 5.12. The topological polar surface area (TPSA) is 15.6 Å². The van der Waals surface area contributed by atoms with Gasteiger partial charge in [-0.3, -0.25) is 0 Å². The Labute approximate surface area is 180 Å². The van der Waals surface area contributed by atoms with Crippen molar-refractivity contribution in [2.24, 2.45) is 4.99 Å². The van der Waals surface area contributed by atoms with Crippen LogP contribution in [0.4, 0.5) is 5.69 Å². The van der Waals surface area contributed by atoms with Crippen LogP contribution in [0.1, 0.15) is 47.9 Å². The van der Waals surface area contributed by atoms with Gasteiger partial charge >= 0.3 is 0 Å². The molecular weight excluding hydrogens is 364 g/mol. The summed E-state index contributed by atoms with van der Waals surface area (Å²) in [6.45, 7) is 2.58. The standard InChI is InChI=1S/C28H30N2/c1-4-10-22(11-5-1)28(23-12-6-2-7-13-23)29-26-16-14-25-21-27(17-15-24(25)20-26)30-18-8-3-9-19-30/h1-2,4-7,10-14,16,20,27H,3,8-9,15,17-19,21H2. The van der Waals surface area contributed by atoms with Gasteiger partial charge in [-0.05, 0) is 68.5 Å². The second kappa shape index (κ2) is 8.97. The molecule has 0 amide bonds. The lowest BCUT2D eigenvalue weighted by molar-refractivity contribution is 0.150. The highest BCUT2D eigenvalue weighted by molar-refractivity contribution is 6.13. The number of aryl methyl sites for hydroxylation is 1. The molecule has 1 heterocycles. The maximum Gasteiger partial charge on any atom is 0.0781 e. The average Bonchev–Trinajstić information content (AvgIpc) is 2.84. The first-order valence-corrected chi connectivity index (χ1v) is 11.4. The molecule has 0 spiro atoms. The molecule has 2 aliphatic rings. The number of aliphatic imine (C=N–C) groups is 1. The molecule has 0 saturated carbocycles. The summed E-state index contributed by atoms with van der Waals surface area (Å²) < 4.78 is 0. The number of rotatable bonds is 4. The van der Waals surface area contributed by atoms with Crippen molar-refractivity contribution in [2.45, 2.75) is 44.6 Å². The Morgan fingerprint density at radius 1 is 0.733 bits per heavy atom. The highest BCUT2D eigenvalue weighted by Gasteiger charge is 2.25. The van der Waals surface area contributed by atoms with E-state index in [1.54, 1.807) is 0 Å². The van der Waals surface area contributed by atoms with Gasteiger partial charge in [-0.15, -0.1) is 0 Å². The van der Waals surface area contributed by atoms with Gasteiger partial charge in [-0.1, -0.05) is 73.2 Å². The van der Waals surface area contributed by atoms with Crippen LogP contribution in [-0.4, -0.2) is 29.7 Å². The first kappa shape index (κ1) is 19.3. The third-order valence-corrected chi connectivity index (χ3v) is 6.63. The summed E-state index contributed by atoms with van der Waals surface area (Å²) in [6, 6.07) is 28.6. The van der Waals surface area contributed by atoms with Crippen molar-refractivity contribution in [3.63, 3.8) is 0 Å². The summed E-state index contributed by atoms with van der Waals surface area (Å²) in [4.78, 5) is 7.86. The minimum Gasteiger partial charge on any atom is -0.300 e. The van der Waals surface area contributed by atoms with Crippen LogP contribution in [0.15, 0.2) is 83.9 Å². The molecule has 30 heavy (non-hydrogen) atoms. The predicted molar refractivity (Wildman–Crippen MR) is 126 cm³/mol. The summed E-state index contributed by atoms with van der Waals surface area (Å²) in [5, 5.41) is 0. The van der Waals surface area contributed by atoms with Crippen LogP contribution in [0.5, 0.6) is 0 Å². The van der Waals surface area contributed by atoms with Gasteiger partial charge in [0.2, 0.25) is 0 Å². The van der Waals surface area contributed by atoms with Crippen molar-refractivity contribution in [1.29, 1.82) is 0 Å². The van der Waals surface area contributed by atoms with Crippen LogP contribution < -0.4 is 0 Å². The minimum absolute atomic E-state index is 0.733. The van der Waals surface area contributed by atoms with Gasteiger partial charge in [0.1, 0.15) is 0 Å². The number of nitrogens with zero attached hydrogens (tertiary/aromatic N) is 2. The maximum atomic E-state index is 5.12. The smallest absolute Gasteiger partial charge is 0.0781 e. The molecule has 1 fully saturated rings. The average molecular weight is 395 g/mol. The van der Waals surface area contributed by atoms with Crippen LogP contribution >= 0.6 is 0 Å². The van der Waals surface area contributed by atoms with E-state index in [1.165, 1.54) is 62.7 Å². The van der Waals surface area contributed by atoms with E-state index in [1.807, 2.05) is 0 Å². The molecule has 1 unspecified atom stereocenters. The third-order valence-electron chi connectivity index (χ3n) is 6.63. The number of fused-ring (bicyclic) bond motifs is 1. The van der Waals surface area contributed by atoms with E-state index >= 15 is 0 Å². The van der Waals surface area contributed by atoms with Crippen molar-refractivity contribution in [3.8, 4) is 0 Å². The lowest BCUT2D eigenvalue weighted by Crippen LogP contribution is -2.42. The zero-order valence-electron chi connectivity index (χ0n) is 17.6. The van der Waals surface area contributed by atoms with Gasteiger partial charge in [-0.2, -0.15) is 0 Å². The van der Waals surface area contributed by atoms with E-state index in [0.717, 1.165) is 28.6 Å². The highest BCUT2D eigenvalue weighted by Crippen LogP contribution is 2.30. The van der Waals surface area contributed by atoms with Crippen LogP contribution in [0, 0.1) is 0 Å². The number of piperidine rings is 1. The lowest BCUT2D eigenvalue weighted by Gasteiger charge is -2.37. The van der Waals surface area contributed by atoms with E-state index in [2.05, 4.69) is 83.8 Å². The van der Waals surface area contributed by atoms with Gasteiger partial charge in [-0.25, -0.2) is 4.99 Å². The van der Waals surface area contributed by atoms with Crippen molar-refractivity contribution >= 4 is 11.4 Å². The first-order chi connectivity index (χ1) is 14.9. The molecule has 1 saturated heterocycles. The Hall–Kier alpha value is -2.71. The Kier molecular flexibility index (Phi) is 5.76. The fraction of sp³-hybridized carbons (Fsp3) is 0.321. The molecule has 0 N–H and O–H groups in total. The molecular formula is C28H30N2. The Bertz CT molecular complexity index is 960. The number of benzene rings is 3. The van der Waals surface area contributed by atoms with Crippen molar-refractivity contribution < 1.29 is 0 Å². The zero-order chi connectivity index (χ0) is 20.2. The summed E-state index contributed by atoms with van der Waals surface area (Å²) in [7, 11) is 0. The van der Waals surface area contributed by atoms with E-state index in [-0.39, 0.29) is 0 Å². The summed E-state index contributed by atoms with van der Waals surface area (Å²) >= 11 is 0. The van der Waals surface area contributed by atoms with Gasteiger partial charge < -0.3 is 4.90 Å². The van der Waals surface area contributed by atoms with E-state index < -0.39 is 0 Å². The Balaban J connectivity index is 1.43. The number of likely N-dealkylation sites (tertiary alicyclic amines) is 1. The minimum atomic E-state index is 0.733. The second-order valence-electron chi connectivity index (χ2n) is 8.64. The van der Waals surface area contributed by atoms with Crippen molar-refractivity contribution in [3.05, 3.63) is 101 Å². The fourth-order valence-corrected chi connectivity index (χ4v) is 5.00. The molecule has 1 atom stereocenters. The van der Waals surface area contributed by atoms with Crippen molar-refractivity contribution in [2.75, 3.05) is 13.1 Å². The molecule has 3 aromatic rings. The number of hydrogen-bond acceptors (Lipinski definition) is 2. The Morgan fingerprint density at radius 2 is 1.40 bits per heavy atom. The molecule has 152 valence electrons. The van der Waals surface area contributed by atoms with Gasteiger partial charge in [0, 0.05) is 17.2 Å². The quantitative estimate of drug-likeness (QED) is 0.481. The van der Waals surface area contributed by atoms with Crippen LogP contribution in [0.3, 0.4) is 0 Å². The molecule has 0 bridgehead atoms. The Morgan fingerprint density at radius 3 is 2.07 bits per heavy atom. The molecule has 0 radical (unpaired) electrons. The monoisotopic (exact) mass is 394 g/mol. The van der Waals surface area contributed by atoms with Crippen LogP contribution in [0.2, 0.25) is 0 Å². The van der Waals surface area contributed by atoms with E-state index in [0.29, 0.717) is 0 Å². The molecule has 3 aromatic carbocycles. The molecule has 2 heteroatoms. The molecule has 1 aliphatic carbocycles. The SMILES string of the molecule is c1ccc(C(=Nc2ccc3c(c2)CCC(N2CCCCC2)C3)c2ccccc2)cc1. The first-order valence-electron chi connectivity index (χ1n) is 11.4. The molecule has 1 aliphatic heterocycles. The molecule has 0 aromatic heterocycles. The summed E-state index contributed by atoms with van der Waals surface area (Å²) in [5.41, 5.74) is 7.44. The van der Waals surface area contributed by atoms with Gasteiger partial charge in [0.25, 0.3) is 0 Å². The van der Waals surface area contributed by atoms with Crippen LogP contribution in [-0.2, 0) is 12.8 Å². The van der Waals surface area contributed by atoms with Crippen molar-refractivity contribution in [1.82, 2.24) is 4.90 Å². The van der Waals surface area contributed by atoms with Gasteiger partial charge in [0.05, 0.1) is 11.4 Å². The molecule has 5 rings (SSSR count). The second-order valence-corrected chi connectivity index (χ2v) is 8.64. The summed E-state index contributed by atoms with van der Waals surface area (Å²) in [5.74, 6) is 0. The van der Waals surface area contributed by atoms with Gasteiger partial charge in [0.15, 0.2) is 0 Å². The van der Waals surface area contributed by atoms with E-state index in [4.69, 9.17) is 4.99 Å². The van der Waals surface area contributed by atoms with Crippen LogP contribution in [0.25, 0.3) is 0 Å². The zero-order valence-corrected chi connectivity index (χ0v) is 17.6. The third kappa shape index (κ3) is 4.24. The fourth-order valence-electron chi connectivity index (χ4n) is 5.00. The normalized spacial score (nSPS) is 19.1. The number of hydrogen-bond donors (Lipinski definition) is 0. The molecule has 2 nitrogen and oxygen atoms in total. The summed E-state index contributed by atoms with van der Waals surface area (Å²) in [6.07, 6.45) is 7.81. The van der Waals surface area contributed by atoms with E-state index in [9.17, 15) is 0 Å². The predicted octanol–water partition coefficient (Wildman–Crippen LogP) is 6.20.